The van der Waals surface area contributed by atoms with Gasteiger partial charge in [0, 0.05) is 30.3 Å². The highest BCUT2D eigenvalue weighted by molar-refractivity contribution is 5.94. The molecular formula is C27H22FN7O. The molecule has 0 radical (unpaired) electrons. The number of aromatic nitrogens is 6. The monoisotopic (exact) mass is 479 g/mol. The fraction of sp³-hybridized carbons (Fsp3) is 0.148. The van der Waals surface area contributed by atoms with Crippen LogP contribution >= 0.6 is 0 Å². The van der Waals surface area contributed by atoms with E-state index in [1.54, 1.807) is 16.6 Å². The Hall–Kier alpha value is -4.66. The van der Waals surface area contributed by atoms with E-state index in [1.165, 1.54) is 12.1 Å². The van der Waals surface area contributed by atoms with Gasteiger partial charge in [0.25, 0.3) is 5.78 Å². The zero-order chi connectivity index (χ0) is 24.5. The van der Waals surface area contributed by atoms with Gasteiger partial charge in [0.1, 0.15) is 11.6 Å². The number of carbonyl (C=O) groups is 1. The SMILES string of the molecule is O=C(CCCc1nnc2n3nc(-c4ccccc4)nc3c3ccccc3n12)NCc1ccc(F)cc1. The molecule has 6 rings (SSSR count). The van der Waals surface area contributed by atoms with Gasteiger partial charge >= 0.3 is 0 Å². The van der Waals surface area contributed by atoms with Crippen LogP contribution in [0, 0.1) is 5.82 Å². The molecule has 8 nitrogen and oxygen atoms in total. The first-order valence-corrected chi connectivity index (χ1v) is 11.8. The minimum atomic E-state index is -0.294. The summed E-state index contributed by atoms with van der Waals surface area (Å²) in [7, 11) is 0. The third-order valence-electron chi connectivity index (χ3n) is 6.13. The fourth-order valence-corrected chi connectivity index (χ4v) is 4.34. The Morgan fingerprint density at radius 1 is 0.917 bits per heavy atom. The first-order chi connectivity index (χ1) is 17.7. The Morgan fingerprint density at radius 2 is 1.69 bits per heavy atom. The number of aryl methyl sites for hydroxylation is 1. The van der Waals surface area contributed by atoms with Crippen LogP contribution in [0.15, 0.2) is 78.9 Å². The molecule has 0 unspecified atom stereocenters. The van der Waals surface area contributed by atoms with Crippen molar-refractivity contribution < 1.29 is 9.18 Å². The number of para-hydroxylation sites is 1. The number of hydrogen-bond acceptors (Lipinski definition) is 5. The Labute approximate surface area is 205 Å². The van der Waals surface area contributed by atoms with Crippen LogP contribution in [0.3, 0.4) is 0 Å². The van der Waals surface area contributed by atoms with Crippen molar-refractivity contribution in [2.45, 2.75) is 25.8 Å². The van der Waals surface area contributed by atoms with Crippen molar-refractivity contribution in [3.63, 3.8) is 0 Å². The molecule has 3 heterocycles. The number of carbonyl (C=O) groups excluding carboxylic acids is 1. The second-order valence-corrected chi connectivity index (χ2v) is 8.56. The van der Waals surface area contributed by atoms with Crippen LogP contribution in [-0.4, -0.2) is 35.1 Å². The number of rotatable bonds is 7. The van der Waals surface area contributed by atoms with E-state index < -0.39 is 0 Å². The zero-order valence-electron chi connectivity index (χ0n) is 19.3. The van der Waals surface area contributed by atoms with E-state index in [9.17, 15) is 9.18 Å². The molecule has 0 saturated heterocycles. The van der Waals surface area contributed by atoms with Crippen molar-refractivity contribution >= 4 is 28.2 Å². The molecule has 0 atom stereocenters. The molecule has 9 heteroatoms. The molecule has 0 saturated carbocycles. The number of hydrogen-bond donors (Lipinski definition) is 1. The summed E-state index contributed by atoms with van der Waals surface area (Å²) in [5.41, 5.74) is 3.44. The maximum atomic E-state index is 13.1. The van der Waals surface area contributed by atoms with Gasteiger partial charge in [-0.1, -0.05) is 54.6 Å². The van der Waals surface area contributed by atoms with Crippen molar-refractivity contribution in [1.29, 1.82) is 0 Å². The van der Waals surface area contributed by atoms with Gasteiger partial charge in [-0.2, -0.15) is 4.52 Å². The number of amides is 1. The van der Waals surface area contributed by atoms with E-state index in [0.717, 1.165) is 33.5 Å². The first kappa shape index (κ1) is 21.8. The maximum Gasteiger partial charge on any atom is 0.258 e. The van der Waals surface area contributed by atoms with Gasteiger partial charge in [0.05, 0.1) is 5.52 Å². The number of halogens is 1. The molecule has 3 aromatic carbocycles. The summed E-state index contributed by atoms with van der Waals surface area (Å²) in [5.74, 6) is 1.60. The molecule has 178 valence electrons. The van der Waals surface area contributed by atoms with Crippen molar-refractivity contribution in [2.24, 2.45) is 0 Å². The van der Waals surface area contributed by atoms with Crippen molar-refractivity contribution in [1.82, 2.24) is 34.5 Å². The van der Waals surface area contributed by atoms with Gasteiger partial charge in [-0.3, -0.25) is 9.20 Å². The van der Waals surface area contributed by atoms with Gasteiger partial charge in [-0.15, -0.1) is 15.3 Å². The second kappa shape index (κ2) is 9.18. The summed E-state index contributed by atoms with van der Waals surface area (Å²) >= 11 is 0. The Balaban J connectivity index is 1.26. The summed E-state index contributed by atoms with van der Waals surface area (Å²) in [6.07, 6.45) is 1.52. The third kappa shape index (κ3) is 4.04. The molecule has 1 amide bonds. The Bertz CT molecular complexity index is 1690. The zero-order valence-corrected chi connectivity index (χ0v) is 19.3. The number of fused-ring (bicyclic) bond motifs is 6. The lowest BCUT2D eigenvalue weighted by molar-refractivity contribution is -0.121. The van der Waals surface area contributed by atoms with E-state index in [2.05, 4.69) is 15.5 Å². The molecule has 0 bridgehead atoms. The van der Waals surface area contributed by atoms with Gasteiger partial charge in [0.15, 0.2) is 11.5 Å². The Kier molecular flexibility index (Phi) is 5.57. The van der Waals surface area contributed by atoms with Crippen LogP contribution in [0.4, 0.5) is 4.39 Å². The Morgan fingerprint density at radius 3 is 2.53 bits per heavy atom. The van der Waals surface area contributed by atoms with Gasteiger partial charge in [-0.25, -0.2) is 9.37 Å². The summed E-state index contributed by atoms with van der Waals surface area (Å²) in [6.45, 7) is 0.367. The highest BCUT2D eigenvalue weighted by Crippen LogP contribution is 2.25. The van der Waals surface area contributed by atoms with E-state index in [0.29, 0.717) is 37.4 Å². The number of nitrogens with one attached hydrogen (secondary N) is 1. The predicted molar refractivity (Wildman–Crippen MR) is 134 cm³/mol. The van der Waals surface area contributed by atoms with Crippen LogP contribution in [0.1, 0.15) is 24.2 Å². The van der Waals surface area contributed by atoms with E-state index in [1.807, 2.05) is 59.0 Å². The quantitative estimate of drug-likeness (QED) is 0.367. The molecule has 1 N–H and O–H groups in total. The lowest BCUT2D eigenvalue weighted by Gasteiger charge is -2.07. The number of benzene rings is 3. The van der Waals surface area contributed by atoms with Gasteiger partial charge in [0.2, 0.25) is 5.91 Å². The van der Waals surface area contributed by atoms with Crippen molar-refractivity contribution in [2.75, 3.05) is 0 Å². The van der Waals surface area contributed by atoms with Crippen molar-refractivity contribution in [3.8, 4) is 11.4 Å². The van der Waals surface area contributed by atoms with E-state index >= 15 is 0 Å². The minimum absolute atomic E-state index is 0.0656. The normalized spacial score (nSPS) is 11.5. The number of nitrogens with zero attached hydrogens (tertiary/aromatic N) is 6. The molecule has 0 aliphatic rings. The summed E-state index contributed by atoms with van der Waals surface area (Å²) in [5, 5.41) is 17.4. The highest BCUT2D eigenvalue weighted by atomic mass is 19.1. The average Bonchev–Trinajstić information content (AvgIpc) is 3.54. The van der Waals surface area contributed by atoms with Crippen molar-refractivity contribution in [3.05, 3.63) is 96.1 Å². The topological polar surface area (TPSA) is 89.5 Å². The van der Waals surface area contributed by atoms with Crippen LogP contribution in [0.5, 0.6) is 0 Å². The standard InChI is InChI=1S/C27H22FN7O/c28-20-15-13-18(14-16-20)17-29-24(36)12-6-11-23-31-32-27-34(23)22-10-5-4-9-21(22)26-30-25(33-35(26)27)19-7-2-1-3-8-19/h1-5,7-10,13-16H,6,11-12,17H2,(H,29,36). The van der Waals surface area contributed by atoms with Crippen LogP contribution < -0.4 is 5.32 Å². The largest absolute Gasteiger partial charge is 0.352 e. The average molecular weight is 480 g/mol. The molecule has 0 aliphatic carbocycles. The van der Waals surface area contributed by atoms with E-state index in [4.69, 9.17) is 10.1 Å². The first-order valence-electron chi connectivity index (χ1n) is 11.8. The third-order valence-corrected chi connectivity index (χ3v) is 6.13. The van der Waals surface area contributed by atoms with Crippen LogP contribution in [0.25, 0.3) is 33.7 Å². The molecule has 0 aliphatic heterocycles. The van der Waals surface area contributed by atoms with Crippen LogP contribution in [-0.2, 0) is 17.8 Å². The summed E-state index contributed by atoms with van der Waals surface area (Å²) in [6, 6.07) is 23.9. The molecule has 6 aromatic rings. The molecule has 0 fully saturated rings. The van der Waals surface area contributed by atoms with E-state index in [-0.39, 0.29) is 11.7 Å². The van der Waals surface area contributed by atoms with Gasteiger partial charge < -0.3 is 5.32 Å². The lowest BCUT2D eigenvalue weighted by Crippen LogP contribution is -2.22. The summed E-state index contributed by atoms with van der Waals surface area (Å²) in [4.78, 5) is 17.2. The fourth-order valence-electron chi connectivity index (χ4n) is 4.34. The minimum Gasteiger partial charge on any atom is -0.352 e. The molecular weight excluding hydrogens is 457 g/mol. The van der Waals surface area contributed by atoms with Gasteiger partial charge in [-0.05, 0) is 36.2 Å². The lowest BCUT2D eigenvalue weighted by atomic mass is 10.2. The maximum absolute atomic E-state index is 13.1. The molecule has 0 spiro atoms. The summed E-state index contributed by atoms with van der Waals surface area (Å²) < 4.78 is 16.8. The molecule has 36 heavy (non-hydrogen) atoms. The second-order valence-electron chi connectivity index (χ2n) is 8.56. The van der Waals surface area contributed by atoms with Crippen LogP contribution in [0.2, 0.25) is 0 Å². The highest BCUT2D eigenvalue weighted by Gasteiger charge is 2.18. The smallest absolute Gasteiger partial charge is 0.258 e. The predicted octanol–water partition coefficient (Wildman–Crippen LogP) is 4.37. The molecule has 3 aromatic heterocycles.